The number of fused-ring (bicyclic) bond motifs is 1. The minimum Gasteiger partial charge on any atom is -0.404 e. The molecule has 2 aromatic carbocycles. The number of benzene rings is 2. The maximum Gasteiger partial charge on any atom is 0.573 e. The summed E-state index contributed by atoms with van der Waals surface area (Å²) in [7, 11) is 1.83. The van der Waals surface area contributed by atoms with Crippen LogP contribution in [0.15, 0.2) is 42.7 Å². The molecule has 146 valence electrons. The molecule has 3 aromatic rings. The van der Waals surface area contributed by atoms with E-state index in [-0.39, 0.29) is 16.4 Å². The van der Waals surface area contributed by atoms with Crippen LogP contribution in [0.25, 0.3) is 11.0 Å². The Morgan fingerprint density at radius 1 is 1.21 bits per heavy atom. The lowest BCUT2D eigenvalue weighted by Crippen LogP contribution is -2.23. The number of amides is 1. The molecular weight excluding hydrogens is 395 g/mol. The van der Waals surface area contributed by atoms with Gasteiger partial charge in [-0.1, -0.05) is 6.07 Å². The van der Waals surface area contributed by atoms with Crippen LogP contribution in [0.1, 0.15) is 10.4 Å². The van der Waals surface area contributed by atoms with Crippen LogP contribution in [-0.4, -0.2) is 26.9 Å². The van der Waals surface area contributed by atoms with Gasteiger partial charge in [0.05, 0.1) is 23.2 Å². The molecule has 0 fully saturated rings. The minimum absolute atomic E-state index is 0.00773. The van der Waals surface area contributed by atoms with E-state index < -0.39 is 18.0 Å². The van der Waals surface area contributed by atoms with Crippen LogP contribution in [0.5, 0.6) is 5.75 Å². The number of nitrogens with zero attached hydrogens (tertiary/aromatic N) is 2. The number of aromatic nitrogens is 2. The summed E-state index contributed by atoms with van der Waals surface area (Å²) in [6, 6.07) is 8.59. The number of carbonyl (C=O) groups is 1. The Bertz CT molecular complexity index is 1060. The number of aryl methyl sites for hydroxylation is 1. The van der Waals surface area contributed by atoms with Crippen molar-refractivity contribution < 1.29 is 22.7 Å². The molecule has 28 heavy (non-hydrogen) atoms. The number of hydrogen-bond acceptors (Lipinski definition) is 4. The number of ether oxygens (including phenoxy) is 1. The molecule has 0 saturated carbocycles. The van der Waals surface area contributed by atoms with Crippen LogP contribution in [-0.2, 0) is 7.05 Å². The molecule has 4 N–H and O–H groups in total. The van der Waals surface area contributed by atoms with Gasteiger partial charge >= 0.3 is 6.36 Å². The Balaban J connectivity index is 1.87. The number of primary amides is 1. The van der Waals surface area contributed by atoms with E-state index in [1.165, 1.54) is 0 Å². The molecule has 0 saturated heterocycles. The first-order valence-corrected chi connectivity index (χ1v) is 8.22. The number of nitrogens with one attached hydrogen (secondary N) is 2. The van der Waals surface area contributed by atoms with Gasteiger partial charge < -0.3 is 25.7 Å². The molecule has 11 heteroatoms. The zero-order valence-electron chi connectivity index (χ0n) is 14.4. The number of anilines is 2. The zero-order valence-corrected chi connectivity index (χ0v) is 15.2. The third-order valence-electron chi connectivity index (χ3n) is 3.74. The third kappa shape index (κ3) is 4.31. The maximum absolute atomic E-state index is 12.6. The molecule has 0 bridgehead atoms. The lowest BCUT2D eigenvalue weighted by Gasteiger charge is -2.16. The smallest absolute Gasteiger partial charge is 0.404 e. The second kappa shape index (κ2) is 7.35. The number of imidazole rings is 1. The highest BCUT2D eigenvalue weighted by Crippen LogP contribution is 2.31. The SMILES string of the molecule is Cn1cnc2c(NC(=S)Nc3cc(C(N)=O)ccc3OC(F)(F)F)cccc21. The summed E-state index contributed by atoms with van der Waals surface area (Å²) in [5.41, 5.74) is 7.04. The van der Waals surface area contributed by atoms with Crippen LogP contribution < -0.4 is 21.1 Å². The third-order valence-corrected chi connectivity index (χ3v) is 3.95. The summed E-state index contributed by atoms with van der Waals surface area (Å²) in [5.74, 6) is -1.36. The van der Waals surface area contributed by atoms with E-state index in [1.807, 2.05) is 17.7 Å². The standard InChI is InChI=1S/C17H14F3N5O2S/c1-25-8-22-14-10(3-2-4-12(14)25)23-16(28)24-11-7-9(15(21)26)5-6-13(11)27-17(18,19)20/h2-8H,1H3,(H2,21,26)(H2,23,24,28). The maximum atomic E-state index is 12.6. The first kappa shape index (κ1) is 19.4. The van der Waals surface area contributed by atoms with Crippen LogP contribution in [0.3, 0.4) is 0 Å². The number of para-hydroxylation sites is 1. The van der Waals surface area contributed by atoms with E-state index in [2.05, 4.69) is 20.4 Å². The predicted molar refractivity (Wildman–Crippen MR) is 102 cm³/mol. The Hall–Kier alpha value is -3.34. The average molecular weight is 409 g/mol. The van der Waals surface area contributed by atoms with Crippen molar-refractivity contribution in [3.05, 3.63) is 48.3 Å². The van der Waals surface area contributed by atoms with E-state index in [0.717, 1.165) is 23.7 Å². The van der Waals surface area contributed by atoms with E-state index in [4.69, 9.17) is 18.0 Å². The summed E-state index contributed by atoms with van der Waals surface area (Å²) < 4.78 is 43.7. The van der Waals surface area contributed by atoms with Crippen molar-refractivity contribution in [2.75, 3.05) is 10.6 Å². The highest BCUT2D eigenvalue weighted by atomic mass is 32.1. The van der Waals surface area contributed by atoms with E-state index in [0.29, 0.717) is 11.2 Å². The van der Waals surface area contributed by atoms with Gasteiger partial charge in [-0.05, 0) is 42.5 Å². The van der Waals surface area contributed by atoms with Crippen molar-refractivity contribution in [1.29, 1.82) is 0 Å². The van der Waals surface area contributed by atoms with Crippen LogP contribution >= 0.6 is 12.2 Å². The monoisotopic (exact) mass is 409 g/mol. The van der Waals surface area contributed by atoms with Crippen molar-refractivity contribution in [3.63, 3.8) is 0 Å². The molecule has 3 rings (SSSR count). The molecule has 1 amide bonds. The van der Waals surface area contributed by atoms with E-state index in [1.54, 1.807) is 18.5 Å². The Labute approximate surface area is 162 Å². The van der Waals surface area contributed by atoms with Crippen LogP contribution in [0.4, 0.5) is 24.5 Å². The molecule has 1 heterocycles. The number of alkyl halides is 3. The topological polar surface area (TPSA) is 94.2 Å². The Morgan fingerprint density at radius 3 is 2.61 bits per heavy atom. The van der Waals surface area contributed by atoms with E-state index >= 15 is 0 Å². The number of rotatable bonds is 4. The molecular formula is C17H14F3N5O2S. The minimum atomic E-state index is -4.92. The van der Waals surface area contributed by atoms with Crippen molar-refractivity contribution in [1.82, 2.24) is 9.55 Å². The number of nitrogens with two attached hydrogens (primary N) is 1. The van der Waals surface area contributed by atoms with Crippen LogP contribution in [0.2, 0.25) is 0 Å². The molecule has 0 radical (unpaired) electrons. The summed E-state index contributed by atoms with van der Waals surface area (Å²) in [6.45, 7) is 0. The summed E-state index contributed by atoms with van der Waals surface area (Å²) in [6.07, 6.45) is -3.29. The van der Waals surface area contributed by atoms with Crippen molar-refractivity contribution in [2.45, 2.75) is 6.36 Å². The lowest BCUT2D eigenvalue weighted by molar-refractivity contribution is -0.274. The van der Waals surface area contributed by atoms with Crippen molar-refractivity contribution >= 4 is 45.6 Å². The Kier molecular flexibility index (Phi) is 5.10. The second-order valence-electron chi connectivity index (χ2n) is 5.73. The fourth-order valence-electron chi connectivity index (χ4n) is 2.53. The molecule has 0 aliphatic carbocycles. The summed E-state index contributed by atoms with van der Waals surface area (Å²) in [4.78, 5) is 15.6. The molecule has 0 unspecified atom stereocenters. The number of halogens is 3. The van der Waals surface area contributed by atoms with Gasteiger partial charge in [0.1, 0.15) is 5.52 Å². The van der Waals surface area contributed by atoms with Crippen molar-refractivity contribution in [3.8, 4) is 5.75 Å². The average Bonchev–Trinajstić information content (AvgIpc) is 2.97. The first-order chi connectivity index (χ1) is 13.1. The number of thiocarbonyl (C=S) groups is 1. The fourth-order valence-corrected chi connectivity index (χ4v) is 2.75. The summed E-state index contributed by atoms with van der Waals surface area (Å²) in [5, 5.41) is 5.46. The van der Waals surface area contributed by atoms with Gasteiger partial charge in [-0.15, -0.1) is 13.2 Å². The number of hydrogen-bond donors (Lipinski definition) is 3. The van der Waals surface area contributed by atoms with Gasteiger partial charge in [-0.25, -0.2) is 4.98 Å². The Morgan fingerprint density at radius 2 is 1.93 bits per heavy atom. The van der Waals surface area contributed by atoms with Crippen molar-refractivity contribution in [2.24, 2.45) is 12.8 Å². The molecule has 0 spiro atoms. The predicted octanol–water partition coefficient (Wildman–Crippen LogP) is 3.38. The summed E-state index contributed by atoms with van der Waals surface area (Å²) >= 11 is 5.19. The normalized spacial score (nSPS) is 11.3. The van der Waals surface area contributed by atoms with Gasteiger partial charge in [-0.2, -0.15) is 0 Å². The highest BCUT2D eigenvalue weighted by Gasteiger charge is 2.32. The lowest BCUT2D eigenvalue weighted by atomic mass is 10.2. The molecule has 0 atom stereocenters. The second-order valence-corrected chi connectivity index (χ2v) is 6.14. The van der Waals surface area contributed by atoms with Gasteiger partial charge in [0, 0.05) is 12.6 Å². The number of carbonyl (C=O) groups excluding carboxylic acids is 1. The van der Waals surface area contributed by atoms with Gasteiger partial charge in [0.25, 0.3) is 0 Å². The van der Waals surface area contributed by atoms with Gasteiger partial charge in [-0.3, -0.25) is 4.79 Å². The quantitative estimate of drug-likeness (QED) is 0.572. The molecule has 7 nitrogen and oxygen atoms in total. The van der Waals surface area contributed by atoms with Crippen LogP contribution in [0, 0.1) is 0 Å². The fraction of sp³-hybridized carbons (Fsp3) is 0.118. The largest absolute Gasteiger partial charge is 0.573 e. The molecule has 0 aliphatic rings. The highest BCUT2D eigenvalue weighted by molar-refractivity contribution is 7.80. The van der Waals surface area contributed by atoms with Gasteiger partial charge in [0.15, 0.2) is 10.9 Å². The van der Waals surface area contributed by atoms with Gasteiger partial charge in [0.2, 0.25) is 5.91 Å². The first-order valence-electron chi connectivity index (χ1n) is 7.81. The molecule has 1 aromatic heterocycles. The zero-order chi connectivity index (χ0) is 20.5. The molecule has 0 aliphatic heterocycles. The van der Waals surface area contributed by atoms with E-state index in [9.17, 15) is 18.0 Å².